The molecule has 0 saturated heterocycles. The molecule has 0 bridgehead atoms. The molecule has 0 aliphatic carbocycles. The Morgan fingerprint density at radius 2 is 1.85 bits per heavy atom. The van der Waals surface area contributed by atoms with Crippen molar-refractivity contribution >= 4 is 21.6 Å². The van der Waals surface area contributed by atoms with Crippen molar-refractivity contribution in [2.45, 2.75) is 32.1 Å². The molecule has 5 heteroatoms. The van der Waals surface area contributed by atoms with E-state index in [0.29, 0.717) is 5.75 Å². The van der Waals surface area contributed by atoms with E-state index < -0.39 is 9.84 Å². The fourth-order valence-corrected chi connectivity index (χ4v) is 3.09. The summed E-state index contributed by atoms with van der Waals surface area (Å²) in [7, 11) is -2.86. The van der Waals surface area contributed by atoms with Crippen molar-refractivity contribution in [2.24, 2.45) is 5.73 Å². The first-order valence-electron chi connectivity index (χ1n) is 4.41. The van der Waals surface area contributed by atoms with E-state index in [1.807, 2.05) is 6.92 Å². The molecule has 3 nitrogen and oxygen atoms in total. The van der Waals surface area contributed by atoms with Gasteiger partial charge >= 0.3 is 0 Å². The maximum Gasteiger partial charge on any atom is 0.153 e. The molecule has 0 saturated carbocycles. The molecule has 0 aromatic rings. The van der Waals surface area contributed by atoms with Gasteiger partial charge in [-0.05, 0) is 20.8 Å². The van der Waals surface area contributed by atoms with Gasteiger partial charge in [0.15, 0.2) is 9.84 Å². The molecule has 0 aliphatic heterocycles. The minimum Gasteiger partial charge on any atom is -0.327 e. The van der Waals surface area contributed by atoms with Crippen LogP contribution in [0.2, 0.25) is 0 Å². The van der Waals surface area contributed by atoms with Gasteiger partial charge in [0.25, 0.3) is 0 Å². The van der Waals surface area contributed by atoms with Gasteiger partial charge in [-0.3, -0.25) is 0 Å². The molecule has 0 fully saturated rings. The first kappa shape index (κ1) is 13.3. The van der Waals surface area contributed by atoms with E-state index in [0.717, 1.165) is 5.75 Å². The van der Waals surface area contributed by atoms with Crippen LogP contribution >= 0.6 is 11.8 Å². The maximum atomic E-state index is 11.3. The topological polar surface area (TPSA) is 60.2 Å². The number of thioether (sulfide) groups is 1. The van der Waals surface area contributed by atoms with Gasteiger partial charge in [0.1, 0.15) is 0 Å². The Morgan fingerprint density at radius 1 is 1.31 bits per heavy atom. The highest BCUT2D eigenvalue weighted by atomic mass is 32.2. The second kappa shape index (κ2) is 5.88. The first-order valence-corrected chi connectivity index (χ1v) is 7.28. The lowest BCUT2D eigenvalue weighted by molar-refractivity contribution is 0.589. The SMILES string of the molecule is CC(N)CSCCS(=O)(=O)C(C)C. The summed E-state index contributed by atoms with van der Waals surface area (Å²) < 4.78 is 22.7. The zero-order chi connectivity index (χ0) is 10.5. The number of hydrogen-bond donors (Lipinski definition) is 1. The Kier molecular flexibility index (Phi) is 6.00. The molecule has 0 spiro atoms. The number of nitrogens with two attached hydrogens (primary N) is 1. The van der Waals surface area contributed by atoms with E-state index in [-0.39, 0.29) is 17.0 Å². The van der Waals surface area contributed by atoms with Crippen LogP contribution in [0.4, 0.5) is 0 Å². The second-order valence-corrected chi connectivity index (χ2v) is 7.29. The summed E-state index contributed by atoms with van der Waals surface area (Å²) in [6.45, 7) is 5.35. The van der Waals surface area contributed by atoms with Crippen LogP contribution in [0.1, 0.15) is 20.8 Å². The zero-order valence-electron chi connectivity index (χ0n) is 8.49. The molecule has 0 aliphatic rings. The Bertz CT molecular complexity index is 222. The second-order valence-electron chi connectivity index (χ2n) is 3.47. The molecule has 2 N–H and O–H groups in total. The van der Waals surface area contributed by atoms with Crippen molar-refractivity contribution < 1.29 is 8.42 Å². The lowest BCUT2D eigenvalue weighted by Crippen LogP contribution is -2.21. The molecule has 1 unspecified atom stereocenters. The van der Waals surface area contributed by atoms with Gasteiger partial charge in [0.05, 0.1) is 11.0 Å². The van der Waals surface area contributed by atoms with Gasteiger partial charge in [-0.25, -0.2) is 8.42 Å². The highest BCUT2D eigenvalue weighted by Crippen LogP contribution is 2.07. The molecule has 80 valence electrons. The van der Waals surface area contributed by atoms with Crippen LogP contribution in [-0.4, -0.2) is 37.0 Å². The van der Waals surface area contributed by atoms with E-state index in [4.69, 9.17) is 5.73 Å². The smallest absolute Gasteiger partial charge is 0.153 e. The van der Waals surface area contributed by atoms with E-state index in [1.165, 1.54) is 0 Å². The van der Waals surface area contributed by atoms with Gasteiger partial charge in [-0.15, -0.1) is 0 Å². The van der Waals surface area contributed by atoms with Crippen LogP contribution in [0.3, 0.4) is 0 Å². The zero-order valence-corrected chi connectivity index (χ0v) is 10.1. The first-order chi connectivity index (χ1) is 5.86. The van der Waals surface area contributed by atoms with E-state index in [2.05, 4.69) is 0 Å². The van der Waals surface area contributed by atoms with Crippen molar-refractivity contribution in [3.8, 4) is 0 Å². The molecular formula is C8H19NO2S2. The third kappa shape index (κ3) is 6.35. The number of rotatable bonds is 6. The Labute approximate surface area is 85.4 Å². The van der Waals surface area contributed by atoms with Gasteiger partial charge in [-0.1, -0.05) is 0 Å². The molecule has 0 aromatic carbocycles. The van der Waals surface area contributed by atoms with Crippen molar-refractivity contribution in [2.75, 3.05) is 17.3 Å². The van der Waals surface area contributed by atoms with Crippen LogP contribution in [0.5, 0.6) is 0 Å². The summed E-state index contributed by atoms with van der Waals surface area (Å²) in [5, 5.41) is -0.261. The molecule has 13 heavy (non-hydrogen) atoms. The quantitative estimate of drug-likeness (QED) is 0.682. The monoisotopic (exact) mass is 225 g/mol. The fourth-order valence-electron chi connectivity index (χ4n) is 0.680. The molecule has 0 aromatic heterocycles. The Balaban J connectivity index is 3.66. The van der Waals surface area contributed by atoms with Gasteiger partial charge in [0.2, 0.25) is 0 Å². The summed E-state index contributed by atoms with van der Waals surface area (Å²) in [5.41, 5.74) is 5.53. The highest BCUT2D eigenvalue weighted by Gasteiger charge is 2.15. The molecule has 0 rings (SSSR count). The van der Waals surface area contributed by atoms with Crippen molar-refractivity contribution in [1.29, 1.82) is 0 Å². The van der Waals surface area contributed by atoms with Crippen molar-refractivity contribution in [3.63, 3.8) is 0 Å². The summed E-state index contributed by atoms with van der Waals surface area (Å²) in [4.78, 5) is 0. The molecule has 0 amide bonds. The van der Waals surface area contributed by atoms with Crippen LogP contribution in [0.15, 0.2) is 0 Å². The minimum atomic E-state index is -2.86. The summed E-state index contributed by atoms with van der Waals surface area (Å²) in [6, 6.07) is 0.145. The average molecular weight is 225 g/mol. The van der Waals surface area contributed by atoms with E-state index in [1.54, 1.807) is 25.6 Å². The predicted molar refractivity (Wildman–Crippen MR) is 59.9 cm³/mol. The van der Waals surface area contributed by atoms with Crippen LogP contribution in [-0.2, 0) is 9.84 Å². The normalized spacial score (nSPS) is 14.8. The van der Waals surface area contributed by atoms with E-state index >= 15 is 0 Å². The third-order valence-electron chi connectivity index (χ3n) is 1.61. The largest absolute Gasteiger partial charge is 0.327 e. The third-order valence-corrected chi connectivity index (χ3v) is 5.33. The van der Waals surface area contributed by atoms with Crippen LogP contribution < -0.4 is 5.73 Å². The number of sulfone groups is 1. The van der Waals surface area contributed by atoms with Gasteiger partial charge < -0.3 is 5.73 Å². The molecule has 1 atom stereocenters. The Morgan fingerprint density at radius 3 is 2.23 bits per heavy atom. The summed E-state index contributed by atoms with van der Waals surface area (Å²) >= 11 is 1.60. The maximum absolute atomic E-state index is 11.3. The van der Waals surface area contributed by atoms with Crippen LogP contribution in [0, 0.1) is 0 Å². The molecular weight excluding hydrogens is 206 g/mol. The van der Waals surface area contributed by atoms with Gasteiger partial charge in [-0.2, -0.15) is 11.8 Å². The highest BCUT2D eigenvalue weighted by molar-refractivity contribution is 8.00. The average Bonchev–Trinajstić information content (AvgIpc) is 1.97. The minimum absolute atomic E-state index is 0.145. The Hall–Kier alpha value is 0.260. The van der Waals surface area contributed by atoms with Crippen molar-refractivity contribution in [3.05, 3.63) is 0 Å². The predicted octanol–water partition coefficient (Wildman–Crippen LogP) is 0.890. The summed E-state index contributed by atoms with van der Waals surface area (Å²) in [6.07, 6.45) is 0. The van der Waals surface area contributed by atoms with Crippen LogP contribution in [0.25, 0.3) is 0 Å². The van der Waals surface area contributed by atoms with E-state index in [9.17, 15) is 8.42 Å². The lowest BCUT2D eigenvalue weighted by atomic mass is 10.4. The number of hydrogen-bond acceptors (Lipinski definition) is 4. The fraction of sp³-hybridized carbons (Fsp3) is 1.00. The van der Waals surface area contributed by atoms with Crippen molar-refractivity contribution in [1.82, 2.24) is 0 Å². The summed E-state index contributed by atoms with van der Waals surface area (Å²) in [5.74, 6) is 1.75. The molecule has 0 radical (unpaired) electrons. The molecule has 0 heterocycles. The van der Waals surface area contributed by atoms with Gasteiger partial charge in [0, 0.05) is 17.5 Å². The standard InChI is InChI=1S/C8H19NO2S2/c1-7(2)13(10,11)5-4-12-6-8(3)9/h7-8H,4-6,9H2,1-3H3. The lowest BCUT2D eigenvalue weighted by Gasteiger charge is -2.08.